The first-order valence-electron chi connectivity index (χ1n) is 6.50. The molecule has 2 rings (SSSR count). The number of aryl methyl sites for hydroxylation is 1. The van der Waals surface area contributed by atoms with Gasteiger partial charge in [0.1, 0.15) is 11.6 Å². The van der Waals surface area contributed by atoms with Crippen molar-refractivity contribution in [2.24, 2.45) is 0 Å². The van der Waals surface area contributed by atoms with Crippen LogP contribution in [-0.2, 0) is 11.2 Å². The molecule has 1 aromatic heterocycles. The molecule has 7 heteroatoms. The number of ether oxygens (including phenoxy) is 1. The van der Waals surface area contributed by atoms with Crippen molar-refractivity contribution < 1.29 is 9.53 Å². The fourth-order valence-electron chi connectivity index (χ4n) is 1.72. The lowest BCUT2D eigenvalue weighted by Crippen LogP contribution is -2.16. The number of aromatic nitrogens is 2. The summed E-state index contributed by atoms with van der Waals surface area (Å²) in [6, 6.07) is 4.97. The summed E-state index contributed by atoms with van der Waals surface area (Å²) in [6.45, 7) is 2.24. The van der Waals surface area contributed by atoms with Crippen LogP contribution in [0, 0.1) is 0 Å². The van der Waals surface area contributed by atoms with E-state index < -0.39 is 0 Å². The number of carbonyl (C=O) groups is 1. The summed E-state index contributed by atoms with van der Waals surface area (Å²) in [5.41, 5.74) is 0.966. The minimum absolute atomic E-state index is 0.144. The second-order valence-corrected chi connectivity index (χ2v) is 5.16. The lowest BCUT2D eigenvalue weighted by Gasteiger charge is -2.08. The summed E-state index contributed by atoms with van der Waals surface area (Å²) < 4.78 is 5.46. The van der Waals surface area contributed by atoms with E-state index in [4.69, 9.17) is 27.9 Å². The average molecular weight is 328 g/mol. The number of halogens is 2. The van der Waals surface area contributed by atoms with E-state index >= 15 is 0 Å². The highest BCUT2D eigenvalue weighted by atomic mass is 35.5. The third-order valence-corrected chi connectivity index (χ3v) is 3.59. The molecular weight excluding hydrogens is 313 g/mol. The van der Waals surface area contributed by atoms with Crippen LogP contribution in [0.2, 0.25) is 10.0 Å². The molecule has 1 aromatic carbocycles. The molecule has 1 amide bonds. The van der Waals surface area contributed by atoms with Gasteiger partial charge in [0.15, 0.2) is 0 Å². The van der Waals surface area contributed by atoms with Gasteiger partial charge in [-0.3, -0.25) is 9.89 Å². The van der Waals surface area contributed by atoms with E-state index in [1.807, 2.05) is 6.92 Å². The number of benzene rings is 1. The van der Waals surface area contributed by atoms with Crippen molar-refractivity contribution in [3.8, 4) is 5.75 Å². The smallest absolute Gasteiger partial charge is 0.228 e. The quantitative estimate of drug-likeness (QED) is 0.850. The fraction of sp³-hybridized carbons (Fsp3) is 0.286. The zero-order chi connectivity index (χ0) is 15.2. The lowest BCUT2D eigenvalue weighted by atomic mass is 10.2. The standard InChI is InChI=1S/C14H15Cl2N3O2/c1-2-9-8-17-19-14(9)18-13(20)5-6-21-10-3-4-11(15)12(16)7-10/h3-4,7-8H,2,5-6H2,1H3,(H2,17,18,19,20). The second-order valence-electron chi connectivity index (χ2n) is 4.35. The molecule has 0 unspecified atom stereocenters. The van der Waals surface area contributed by atoms with Gasteiger partial charge in [-0.15, -0.1) is 0 Å². The predicted octanol–water partition coefficient (Wildman–Crippen LogP) is 3.69. The monoisotopic (exact) mass is 327 g/mol. The molecule has 0 fully saturated rings. The number of anilines is 1. The molecular formula is C14H15Cl2N3O2. The van der Waals surface area contributed by atoms with Gasteiger partial charge in [-0.2, -0.15) is 5.10 Å². The van der Waals surface area contributed by atoms with E-state index in [1.165, 1.54) is 0 Å². The predicted molar refractivity (Wildman–Crippen MR) is 83.2 cm³/mol. The third-order valence-electron chi connectivity index (χ3n) is 2.85. The molecule has 0 spiro atoms. The largest absolute Gasteiger partial charge is 0.493 e. The number of rotatable bonds is 6. The second kappa shape index (κ2) is 7.33. The van der Waals surface area contributed by atoms with Crippen LogP contribution in [-0.4, -0.2) is 22.7 Å². The minimum Gasteiger partial charge on any atom is -0.493 e. The van der Waals surface area contributed by atoms with Crippen LogP contribution in [0.1, 0.15) is 18.9 Å². The highest BCUT2D eigenvalue weighted by Crippen LogP contribution is 2.26. The van der Waals surface area contributed by atoms with E-state index in [9.17, 15) is 4.79 Å². The van der Waals surface area contributed by atoms with Gasteiger partial charge >= 0.3 is 0 Å². The molecule has 0 aliphatic heterocycles. The Balaban J connectivity index is 1.80. The topological polar surface area (TPSA) is 67.0 Å². The number of aromatic amines is 1. The van der Waals surface area contributed by atoms with E-state index in [0.717, 1.165) is 12.0 Å². The van der Waals surface area contributed by atoms with E-state index in [1.54, 1.807) is 24.4 Å². The zero-order valence-corrected chi connectivity index (χ0v) is 13.0. The highest BCUT2D eigenvalue weighted by Gasteiger charge is 2.08. The molecule has 2 N–H and O–H groups in total. The van der Waals surface area contributed by atoms with Crippen molar-refractivity contribution >= 4 is 34.9 Å². The van der Waals surface area contributed by atoms with E-state index in [-0.39, 0.29) is 18.9 Å². The summed E-state index contributed by atoms with van der Waals surface area (Å²) in [5, 5.41) is 10.3. The van der Waals surface area contributed by atoms with Crippen molar-refractivity contribution in [3.05, 3.63) is 40.0 Å². The summed E-state index contributed by atoms with van der Waals surface area (Å²) in [4.78, 5) is 11.8. The molecule has 1 heterocycles. The van der Waals surface area contributed by atoms with Crippen molar-refractivity contribution in [2.75, 3.05) is 11.9 Å². The Kier molecular flexibility index (Phi) is 5.47. The molecule has 5 nitrogen and oxygen atoms in total. The molecule has 0 bridgehead atoms. The minimum atomic E-state index is -0.144. The van der Waals surface area contributed by atoms with Gasteiger partial charge in [-0.25, -0.2) is 0 Å². The fourth-order valence-corrected chi connectivity index (χ4v) is 2.01. The maximum atomic E-state index is 11.8. The maximum absolute atomic E-state index is 11.8. The Morgan fingerprint density at radius 2 is 2.19 bits per heavy atom. The summed E-state index contributed by atoms with van der Waals surface area (Å²) in [5.74, 6) is 1.07. The summed E-state index contributed by atoms with van der Waals surface area (Å²) in [6.07, 6.45) is 2.72. The molecule has 0 radical (unpaired) electrons. The van der Waals surface area contributed by atoms with Gasteiger partial charge < -0.3 is 10.1 Å². The Morgan fingerprint density at radius 3 is 2.90 bits per heavy atom. The number of hydrogen-bond donors (Lipinski definition) is 2. The van der Waals surface area contributed by atoms with Gasteiger partial charge in [0.05, 0.1) is 29.3 Å². The van der Waals surface area contributed by atoms with E-state index in [2.05, 4.69) is 15.5 Å². The average Bonchev–Trinajstić information content (AvgIpc) is 2.90. The van der Waals surface area contributed by atoms with Crippen LogP contribution in [0.25, 0.3) is 0 Å². The van der Waals surface area contributed by atoms with Crippen molar-refractivity contribution in [1.82, 2.24) is 10.2 Å². The van der Waals surface area contributed by atoms with Gasteiger partial charge in [-0.1, -0.05) is 30.1 Å². The van der Waals surface area contributed by atoms with Gasteiger partial charge in [0.25, 0.3) is 0 Å². The molecule has 2 aromatic rings. The Labute approximate surface area is 132 Å². The van der Waals surface area contributed by atoms with E-state index in [0.29, 0.717) is 21.6 Å². The number of hydrogen-bond acceptors (Lipinski definition) is 3. The van der Waals surface area contributed by atoms with Crippen LogP contribution >= 0.6 is 23.2 Å². The Hall–Kier alpha value is -1.72. The van der Waals surface area contributed by atoms with Gasteiger partial charge in [-0.05, 0) is 18.6 Å². The van der Waals surface area contributed by atoms with Crippen LogP contribution in [0.15, 0.2) is 24.4 Å². The van der Waals surface area contributed by atoms with Crippen LogP contribution in [0.4, 0.5) is 5.82 Å². The number of carbonyl (C=O) groups excluding carboxylic acids is 1. The van der Waals surface area contributed by atoms with Gasteiger partial charge in [0.2, 0.25) is 5.91 Å². The maximum Gasteiger partial charge on any atom is 0.228 e. The molecule has 21 heavy (non-hydrogen) atoms. The summed E-state index contributed by atoms with van der Waals surface area (Å²) in [7, 11) is 0. The van der Waals surface area contributed by atoms with Gasteiger partial charge in [0, 0.05) is 11.6 Å². The van der Waals surface area contributed by atoms with Crippen molar-refractivity contribution in [2.45, 2.75) is 19.8 Å². The first-order chi connectivity index (χ1) is 10.1. The number of nitrogens with zero attached hydrogens (tertiary/aromatic N) is 1. The van der Waals surface area contributed by atoms with Crippen LogP contribution in [0.3, 0.4) is 0 Å². The Morgan fingerprint density at radius 1 is 1.38 bits per heavy atom. The third kappa shape index (κ3) is 4.37. The molecule has 112 valence electrons. The van der Waals surface area contributed by atoms with Crippen molar-refractivity contribution in [3.63, 3.8) is 0 Å². The number of nitrogens with one attached hydrogen (secondary N) is 2. The first kappa shape index (κ1) is 15.7. The lowest BCUT2D eigenvalue weighted by molar-refractivity contribution is -0.116. The number of amides is 1. The summed E-state index contributed by atoms with van der Waals surface area (Å²) >= 11 is 11.7. The SMILES string of the molecule is CCc1cn[nH]c1NC(=O)CCOc1ccc(Cl)c(Cl)c1. The molecule has 0 aliphatic rings. The normalized spacial score (nSPS) is 10.4. The van der Waals surface area contributed by atoms with Crippen molar-refractivity contribution in [1.29, 1.82) is 0 Å². The molecule has 0 saturated heterocycles. The molecule has 0 aliphatic carbocycles. The highest BCUT2D eigenvalue weighted by molar-refractivity contribution is 6.42. The number of H-pyrrole nitrogens is 1. The molecule has 0 saturated carbocycles. The first-order valence-corrected chi connectivity index (χ1v) is 7.25. The van der Waals surface area contributed by atoms with Crippen LogP contribution < -0.4 is 10.1 Å². The van der Waals surface area contributed by atoms with Crippen LogP contribution in [0.5, 0.6) is 5.75 Å². The molecule has 0 atom stereocenters. The zero-order valence-electron chi connectivity index (χ0n) is 11.5. The Bertz CT molecular complexity index is 628.